The lowest BCUT2D eigenvalue weighted by molar-refractivity contribution is -0.117. The molecule has 1 fully saturated rings. The minimum Gasteiger partial charge on any atom is -0.323 e. The van der Waals surface area contributed by atoms with Crippen molar-refractivity contribution in [2.75, 3.05) is 5.32 Å². The van der Waals surface area contributed by atoms with Crippen LogP contribution in [0.4, 0.5) is 5.69 Å². The Morgan fingerprint density at radius 1 is 1.38 bits per heavy atom. The normalized spacial score (nSPS) is 14.2. The second-order valence-electron chi connectivity index (χ2n) is 6.29. The van der Waals surface area contributed by atoms with Crippen molar-refractivity contribution >= 4 is 38.8 Å². The summed E-state index contributed by atoms with van der Waals surface area (Å²) in [6.45, 7) is -0.143. The van der Waals surface area contributed by atoms with Crippen LogP contribution < -0.4 is 10.9 Å². The fourth-order valence-corrected chi connectivity index (χ4v) is 3.74. The van der Waals surface area contributed by atoms with Gasteiger partial charge in [0.05, 0.1) is 22.1 Å². The average molecular weight is 366 g/mol. The third-order valence-electron chi connectivity index (χ3n) is 4.38. The zero-order valence-electron chi connectivity index (χ0n) is 13.6. The van der Waals surface area contributed by atoms with E-state index < -0.39 is 0 Å². The predicted molar refractivity (Wildman–Crippen MR) is 97.5 cm³/mol. The van der Waals surface area contributed by atoms with Gasteiger partial charge >= 0.3 is 0 Å². The summed E-state index contributed by atoms with van der Waals surface area (Å²) in [5, 5.41) is 7.23. The number of aromatic nitrogens is 5. The molecule has 0 spiro atoms. The highest BCUT2D eigenvalue weighted by molar-refractivity contribution is 7.16. The zero-order chi connectivity index (χ0) is 17.7. The molecular formula is C17H14N6O2S. The molecule has 1 aliphatic rings. The highest BCUT2D eigenvalue weighted by atomic mass is 32.1. The molecule has 4 aromatic rings. The first kappa shape index (κ1) is 15.2. The summed E-state index contributed by atoms with van der Waals surface area (Å²) < 4.78 is 4.04. The summed E-state index contributed by atoms with van der Waals surface area (Å²) in [6.07, 6.45) is 5.25. The van der Waals surface area contributed by atoms with Crippen molar-refractivity contribution in [2.45, 2.75) is 25.3 Å². The van der Waals surface area contributed by atoms with Crippen LogP contribution in [0.5, 0.6) is 0 Å². The van der Waals surface area contributed by atoms with Crippen LogP contribution in [0, 0.1) is 0 Å². The Hall–Kier alpha value is -3.07. The Bertz CT molecular complexity index is 1190. The first-order valence-electron chi connectivity index (χ1n) is 8.26. The van der Waals surface area contributed by atoms with Crippen molar-refractivity contribution in [1.82, 2.24) is 24.1 Å². The topological polar surface area (TPSA) is 94.2 Å². The van der Waals surface area contributed by atoms with Crippen LogP contribution in [0.1, 0.15) is 24.6 Å². The van der Waals surface area contributed by atoms with E-state index in [1.54, 1.807) is 30.0 Å². The van der Waals surface area contributed by atoms with Crippen LogP contribution >= 0.6 is 11.3 Å². The molecule has 9 heteroatoms. The minimum absolute atomic E-state index is 0.143. The maximum Gasteiger partial charge on any atom is 0.291 e. The number of rotatable bonds is 4. The number of hydrogen-bond acceptors (Lipinski definition) is 6. The van der Waals surface area contributed by atoms with Gasteiger partial charge in [-0.25, -0.2) is 9.67 Å². The van der Waals surface area contributed by atoms with Crippen LogP contribution in [0.15, 0.2) is 40.9 Å². The van der Waals surface area contributed by atoms with E-state index in [2.05, 4.69) is 20.4 Å². The predicted octanol–water partition coefficient (Wildman–Crippen LogP) is 2.02. The number of hydrogen-bond donors (Lipinski definition) is 1. The summed E-state index contributed by atoms with van der Waals surface area (Å²) in [6, 6.07) is 5.31. The van der Waals surface area contributed by atoms with E-state index in [9.17, 15) is 9.59 Å². The Labute approximate surface area is 151 Å². The third-order valence-corrected chi connectivity index (χ3v) is 5.15. The van der Waals surface area contributed by atoms with Gasteiger partial charge in [-0.2, -0.15) is 5.10 Å². The molecule has 1 aliphatic carbocycles. The number of carbonyl (C=O) groups is 1. The van der Waals surface area contributed by atoms with E-state index in [1.807, 2.05) is 10.5 Å². The van der Waals surface area contributed by atoms with E-state index in [1.165, 1.54) is 16.0 Å². The van der Waals surface area contributed by atoms with Crippen LogP contribution in [0.25, 0.3) is 15.9 Å². The molecule has 1 N–H and O–H groups in total. The second kappa shape index (κ2) is 5.73. The molecule has 0 aliphatic heterocycles. The monoisotopic (exact) mass is 366 g/mol. The Morgan fingerprint density at radius 3 is 3.04 bits per heavy atom. The lowest BCUT2D eigenvalue weighted by Gasteiger charge is -2.10. The lowest BCUT2D eigenvalue weighted by atomic mass is 10.4. The van der Waals surface area contributed by atoms with Gasteiger partial charge in [-0.3, -0.25) is 19.0 Å². The van der Waals surface area contributed by atoms with Gasteiger partial charge in [-0.1, -0.05) is 0 Å². The maximum absolute atomic E-state index is 12.8. The van der Waals surface area contributed by atoms with Gasteiger partial charge in [0.2, 0.25) is 5.91 Å². The van der Waals surface area contributed by atoms with Crippen molar-refractivity contribution in [2.24, 2.45) is 0 Å². The molecule has 0 saturated heterocycles. The molecule has 1 amide bonds. The number of nitrogens with zero attached hydrogens (tertiary/aromatic N) is 5. The van der Waals surface area contributed by atoms with Crippen molar-refractivity contribution in [3.8, 4) is 0 Å². The van der Waals surface area contributed by atoms with Crippen molar-refractivity contribution in [1.29, 1.82) is 0 Å². The minimum atomic E-state index is -0.315. The molecule has 0 unspecified atom stereocenters. The first-order valence-corrected chi connectivity index (χ1v) is 9.14. The molecule has 26 heavy (non-hydrogen) atoms. The second-order valence-corrected chi connectivity index (χ2v) is 7.18. The highest BCUT2D eigenvalue weighted by Crippen LogP contribution is 2.39. The molecule has 8 nitrogen and oxygen atoms in total. The highest BCUT2D eigenvalue weighted by Gasteiger charge is 2.30. The van der Waals surface area contributed by atoms with E-state index in [0.29, 0.717) is 17.1 Å². The smallest absolute Gasteiger partial charge is 0.291 e. The van der Waals surface area contributed by atoms with Crippen LogP contribution in [-0.4, -0.2) is 30.1 Å². The molecule has 0 aromatic carbocycles. The Balaban J connectivity index is 1.56. The fourth-order valence-electron chi connectivity index (χ4n) is 3.04. The quantitative estimate of drug-likeness (QED) is 0.596. The number of pyridine rings is 1. The number of fused-ring (bicyclic) bond motifs is 3. The Kier molecular flexibility index (Phi) is 3.35. The summed E-state index contributed by atoms with van der Waals surface area (Å²) >= 11 is 1.49. The van der Waals surface area contributed by atoms with E-state index in [-0.39, 0.29) is 18.0 Å². The summed E-state index contributed by atoms with van der Waals surface area (Å²) in [5.74, 6) is 0.794. The van der Waals surface area contributed by atoms with Gasteiger partial charge in [0.15, 0.2) is 5.65 Å². The Morgan fingerprint density at radius 2 is 2.27 bits per heavy atom. The van der Waals surface area contributed by atoms with E-state index >= 15 is 0 Å². The number of carbonyl (C=O) groups excluding carboxylic acids is 1. The summed E-state index contributed by atoms with van der Waals surface area (Å²) in [5.41, 5.74) is 3.34. The molecule has 0 atom stereocenters. The van der Waals surface area contributed by atoms with Gasteiger partial charge < -0.3 is 5.32 Å². The molecule has 1 saturated carbocycles. The van der Waals surface area contributed by atoms with Crippen LogP contribution in [0.3, 0.4) is 0 Å². The molecule has 130 valence electrons. The molecule has 5 rings (SSSR count). The van der Waals surface area contributed by atoms with Gasteiger partial charge in [-0.05, 0) is 31.0 Å². The van der Waals surface area contributed by atoms with Gasteiger partial charge in [0, 0.05) is 12.1 Å². The summed E-state index contributed by atoms with van der Waals surface area (Å²) in [4.78, 5) is 33.5. The SMILES string of the molecule is O=C(Cn1nc(C2CC2)n2c(cc3scnc32)c1=O)Nc1cccnc1. The van der Waals surface area contributed by atoms with E-state index in [4.69, 9.17) is 0 Å². The molecule has 0 radical (unpaired) electrons. The van der Waals surface area contributed by atoms with Crippen LogP contribution in [0.2, 0.25) is 0 Å². The average Bonchev–Trinajstić information content (AvgIpc) is 3.26. The lowest BCUT2D eigenvalue weighted by Crippen LogP contribution is -2.32. The third kappa shape index (κ3) is 2.48. The van der Waals surface area contributed by atoms with Crippen LogP contribution in [-0.2, 0) is 11.3 Å². The number of amides is 1. The largest absolute Gasteiger partial charge is 0.323 e. The molecular weight excluding hydrogens is 352 g/mol. The van der Waals surface area contributed by atoms with E-state index in [0.717, 1.165) is 29.0 Å². The molecule has 4 aromatic heterocycles. The van der Waals surface area contributed by atoms with Crippen molar-refractivity contribution in [3.05, 3.63) is 52.3 Å². The van der Waals surface area contributed by atoms with Gasteiger partial charge in [-0.15, -0.1) is 11.3 Å². The number of nitrogens with one attached hydrogen (secondary N) is 1. The van der Waals surface area contributed by atoms with Crippen molar-refractivity contribution in [3.63, 3.8) is 0 Å². The zero-order valence-corrected chi connectivity index (χ0v) is 14.4. The summed E-state index contributed by atoms with van der Waals surface area (Å²) in [7, 11) is 0. The van der Waals surface area contributed by atoms with Gasteiger partial charge in [0.25, 0.3) is 5.56 Å². The van der Waals surface area contributed by atoms with Crippen molar-refractivity contribution < 1.29 is 4.79 Å². The molecule has 0 bridgehead atoms. The molecule has 4 heterocycles. The standard InChI is InChI=1S/C17H14N6O2S/c24-14(20-11-2-1-5-18-7-11)8-22-17(25)12-6-13-16(19-9-26-13)23(12)15(21-22)10-3-4-10/h1-2,5-7,9-10H,3-4,8H2,(H,20,24). The maximum atomic E-state index is 12.8. The fraction of sp³-hybridized carbons (Fsp3) is 0.235. The van der Waals surface area contributed by atoms with Gasteiger partial charge in [0.1, 0.15) is 17.9 Å². The number of thiazole rings is 1. The number of anilines is 1. The first-order chi connectivity index (χ1) is 12.7.